The highest BCUT2D eigenvalue weighted by molar-refractivity contribution is 7.10. The van der Waals surface area contributed by atoms with Gasteiger partial charge in [0, 0.05) is 15.5 Å². The molecule has 1 aliphatic heterocycles. The molecule has 1 N–H and O–H groups in total. The molecule has 1 aromatic heterocycles. The molecule has 1 saturated heterocycles. The van der Waals surface area contributed by atoms with Gasteiger partial charge in [-0.15, -0.1) is 11.3 Å². The van der Waals surface area contributed by atoms with Gasteiger partial charge in [0.1, 0.15) is 5.70 Å². The molecule has 0 saturated carbocycles. The number of carbonyl (C=O) groups excluding carboxylic acids is 1. The Morgan fingerprint density at radius 2 is 2.05 bits per heavy atom. The van der Waals surface area contributed by atoms with Crippen molar-refractivity contribution in [1.82, 2.24) is 5.32 Å². The zero-order valence-electron chi connectivity index (χ0n) is 9.80. The lowest BCUT2D eigenvalue weighted by Crippen LogP contribution is -2.12. The van der Waals surface area contributed by atoms with Crippen LogP contribution in [-0.2, 0) is 9.53 Å². The maximum atomic E-state index is 11.8. The average Bonchev–Trinajstić information content (AvgIpc) is 3.02. The summed E-state index contributed by atoms with van der Waals surface area (Å²) in [7, 11) is 0. The Morgan fingerprint density at radius 1 is 1.26 bits per heavy atom. The third-order valence-corrected chi connectivity index (χ3v) is 3.81. The van der Waals surface area contributed by atoms with E-state index in [0.717, 1.165) is 10.4 Å². The van der Waals surface area contributed by atoms with Gasteiger partial charge in [0.15, 0.2) is 6.23 Å². The van der Waals surface area contributed by atoms with E-state index in [1.807, 2.05) is 29.6 Å². The molecule has 1 fully saturated rings. The van der Waals surface area contributed by atoms with Gasteiger partial charge in [0.2, 0.25) is 0 Å². The zero-order valence-corrected chi connectivity index (χ0v) is 11.4. The van der Waals surface area contributed by atoms with E-state index in [9.17, 15) is 4.79 Å². The van der Waals surface area contributed by atoms with E-state index in [1.54, 1.807) is 29.5 Å². The summed E-state index contributed by atoms with van der Waals surface area (Å²) in [6.07, 6.45) is 1.35. The van der Waals surface area contributed by atoms with Crippen molar-refractivity contribution in [2.45, 2.75) is 6.23 Å². The van der Waals surface area contributed by atoms with Gasteiger partial charge in [-0.3, -0.25) is 0 Å². The average molecular weight is 292 g/mol. The first kappa shape index (κ1) is 12.3. The third kappa shape index (κ3) is 2.64. The van der Waals surface area contributed by atoms with E-state index in [2.05, 4.69) is 5.32 Å². The molecule has 0 bridgehead atoms. The minimum Gasteiger partial charge on any atom is -0.433 e. The van der Waals surface area contributed by atoms with Crippen molar-refractivity contribution in [1.29, 1.82) is 0 Å². The quantitative estimate of drug-likeness (QED) is 0.679. The van der Waals surface area contributed by atoms with Gasteiger partial charge < -0.3 is 10.1 Å². The van der Waals surface area contributed by atoms with Crippen LogP contribution in [0.5, 0.6) is 0 Å². The topological polar surface area (TPSA) is 38.3 Å². The number of halogens is 1. The van der Waals surface area contributed by atoms with Gasteiger partial charge in [-0.1, -0.05) is 29.8 Å². The number of nitrogens with one attached hydrogen (secondary N) is 1. The highest BCUT2D eigenvalue weighted by Gasteiger charge is 2.29. The molecule has 3 nitrogen and oxygen atoms in total. The molecule has 1 aliphatic rings. The summed E-state index contributed by atoms with van der Waals surface area (Å²) < 4.78 is 5.29. The predicted molar refractivity (Wildman–Crippen MR) is 75.7 cm³/mol. The lowest BCUT2D eigenvalue weighted by Gasteiger charge is -2.09. The first-order valence-electron chi connectivity index (χ1n) is 5.70. The SMILES string of the molecule is O=C1OC(c2ccc(Cl)cc2)N/C1=C/c1cccs1. The summed E-state index contributed by atoms with van der Waals surface area (Å²) in [4.78, 5) is 12.8. The first-order valence-corrected chi connectivity index (χ1v) is 6.96. The summed E-state index contributed by atoms with van der Waals surface area (Å²) in [5.74, 6) is -0.339. The molecule has 0 radical (unpaired) electrons. The van der Waals surface area contributed by atoms with Crippen LogP contribution in [0.25, 0.3) is 6.08 Å². The normalized spacial score (nSPS) is 20.4. The highest BCUT2D eigenvalue weighted by atomic mass is 35.5. The third-order valence-electron chi connectivity index (χ3n) is 2.73. The predicted octanol–water partition coefficient (Wildman–Crippen LogP) is 3.59. The molecule has 2 aromatic rings. The van der Waals surface area contributed by atoms with Crippen molar-refractivity contribution < 1.29 is 9.53 Å². The number of esters is 1. The van der Waals surface area contributed by atoms with Crippen LogP contribution in [0, 0.1) is 0 Å². The number of thiophene rings is 1. The molecule has 1 aromatic carbocycles. The lowest BCUT2D eigenvalue weighted by molar-refractivity contribution is -0.139. The minimum absolute atomic E-state index is 0.339. The molecule has 3 rings (SSSR count). The fraction of sp³-hybridized carbons (Fsp3) is 0.0714. The Bertz CT molecular complexity index is 619. The van der Waals surface area contributed by atoms with E-state index in [4.69, 9.17) is 16.3 Å². The number of benzene rings is 1. The van der Waals surface area contributed by atoms with Crippen LogP contribution in [0.2, 0.25) is 5.02 Å². The van der Waals surface area contributed by atoms with Crippen molar-refractivity contribution in [3.05, 3.63) is 62.9 Å². The molecular weight excluding hydrogens is 282 g/mol. The number of rotatable bonds is 2. The van der Waals surface area contributed by atoms with Crippen LogP contribution in [0.15, 0.2) is 47.5 Å². The molecule has 1 unspecified atom stereocenters. The Balaban J connectivity index is 1.82. The van der Waals surface area contributed by atoms with Crippen LogP contribution < -0.4 is 5.32 Å². The second kappa shape index (κ2) is 5.07. The molecule has 0 spiro atoms. The number of hydrogen-bond acceptors (Lipinski definition) is 4. The maximum absolute atomic E-state index is 11.8. The van der Waals surface area contributed by atoms with Crippen LogP contribution in [0.1, 0.15) is 16.7 Å². The Morgan fingerprint density at radius 3 is 2.74 bits per heavy atom. The fourth-order valence-corrected chi connectivity index (χ4v) is 2.59. The van der Waals surface area contributed by atoms with Gasteiger partial charge in [-0.25, -0.2) is 4.79 Å². The molecule has 96 valence electrons. The summed E-state index contributed by atoms with van der Waals surface area (Å²) in [5, 5.41) is 5.68. The molecular formula is C14H10ClNO2S. The first-order chi connectivity index (χ1) is 9.22. The molecule has 0 aliphatic carbocycles. The van der Waals surface area contributed by atoms with E-state index >= 15 is 0 Å². The van der Waals surface area contributed by atoms with Crippen molar-refractivity contribution in [3.63, 3.8) is 0 Å². The van der Waals surface area contributed by atoms with Gasteiger partial charge in [0.05, 0.1) is 0 Å². The van der Waals surface area contributed by atoms with Gasteiger partial charge in [-0.2, -0.15) is 0 Å². The van der Waals surface area contributed by atoms with Crippen LogP contribution in [0.4, 0.5) is 0 Å². The van der Waals surface area contributed by atoms with E-state index < -0.39 is 6.23 Å². The lowest BCUT2D eigenvalue weighted by atomic mass is 10.2. The summed E-state index contributed by atoms with van der Waals surface area (Å²) in [6, 6.07) is 11.1. The van der Waals surface area contributed by atoms with Crippen molar-refractivity contribution in [2.24, 2.45) is 0 Å². The minimum atomic E-state index is -0.448. The van der Waals surface area contributed by atoms with Crippen LogP contribution >= 0.6 is 22.9 Å². The van der Waals surface area contributed by atoms with Crippen molar-refractivity contribution >= 4 is 35.0 Å². The summed E-state index contributed by atoms with van der Waals surface area (Å²) in [6.45, 7) is 0. The van der Waals surface area contributed by atoms with Crippen molar-refractivity contribution in [3.8, 4) is 0 Å². The number of hydrogen-bond donors (Lipinski definition) is 1. The van der Waals surface area contributed by atoms with Gasteiger partial charge in [0.25, 0.3) is 0 Å². The second-order valence-electron chi connectivity index (χ2n) is 4.05. The number of carbonyl (C=O) groups is 1. The van der Waals surface area contributed by atoms with E-state index in [1.165, 1.54) is 0 Å². The second-order valence-corrected chi connectivity index (χ2v) is 5.47. The van der Waals surface area contributed by atoms with Gasteiger partial charge in [-0.05, 0) is 29.7 Å². The Kier molecular flexibility index (Phi) is 3.27. The fourth-order valence-electron chi connectivity index (χ4n) is 1.81. The van der Waals surface area contributed by atoms with Crippen molar-refractivity contribution in [2.75, 3.05) is 0 Å². The molecule has 19 heavy (non-hydrogen) atoms. The maximum Gasteiger partial charge on any atom is 0.356 e. The molecule has 2 heterocycles. The smallest absolute Gasteiger partial charge is 0.356 e. The number of ether oxygens (including phenoxy) is 1. The summed E-state index contributed by atoms with van der Waals surface area (Å²) >= 11 is 7.40. The summed E-state index contributed by atoms with van der Waals surface area (Å²) in [5.41, 5.74) is 1.34. The largest absolute Gasteiger partial charge is 0.433 e. The van der Waals surface area contributed by atoms with Crippen LogP contribution in [0.3, 0.4) is 0 Å². The number of cyclic esters (lactones) is 1. The molecule has 1 atom stereocenters. The Hall–Kier alpha value is -1.78. The van der Waals surface area contributed by atoms with E-state index in [0.29, 0.717) is 10.7 Å². The monoisotopic (exact) mass is 291 g/mol. The Labute approximate surface area is 119 Å². The van der Waals surface area contributed by atoms with E-state index in [-0.39, 0.29) is 5.97 Å². The van der Waals surface area contributed by atoms with Gasteiger partial charge >= 0.3 is 5.97 Å². The molecule has 0 amide bonds. The standard InChI is InChI=1S/C14H10ClNO2S/c15-10-5-3-9(4-6-10)13-16-12(14(17)18-13)8-11-2-1-7-19-11/h1-8,13,16H/b12-8+. The molecule has 5 heteroatoms. The van der Waals surface area contributed by atoms with Crippen LogP contribution in [-0.4, -0.2) is 5.97 Å². The zero-order chi connectivity index (χ0) is 13.2. The highest BCUT2D eigenvalue weighted by Crippen LogP contribution is 2.26.